The van der Waals surface area contributed by atoms with E-state index in [1.165, 1.54) is 10.6 Å². The quantitative estimate of drug-likeness (QED) is 0.767. The average Bonchev–Trinajstić information content (AvgIpc) is 3.06. The molecule has 1 fully saturated rings. The molecule has 2 heterocycles. The molecule has 5 heteroatoms. The minimum atomic E-state index is -0.277. The number of carbonyl (C=O) groups is 1. The number of nitrogens with zero attached hydrogens (tertiary/aromatic N) is 2. The Morgan fingerprint density at radius 1 is 1.11 bits per heavy atom. The first-order chi connectivity index (χ1) is 12.8. The molecule has 27 heavy (non-hydrogen) atoms. The first kappa shape index (κ1) is 20.0. The van der Waals surface area contributed by atoms with Gasteiger partial charge in [-0.05, 0) is 58.9 Å². The normalized spacial score (nSPS) is 22.4. The molecule has 1 saturated heterocycles. The summed E-state index contributed by atoms with van der Waals surface area (Å²) in [7, 11) is 1.88. The van der Waals surface area contributed by atoms with Gasteiger partial charge in [-0.2, -0.15) is 0 Å². The van der Waals surface area contributed by atoms with Gasteiger partial charge >= 0.3 is 0 Å². The number of likely N-dealkylation sites (N-methyl/N-ethyl adjacent to an activating group) is 1. The van der Waals surface area contributed by atoms with Crippen LogP contribution in [0.15, 0.2) is 46.4 Å². The molecule has 0 saturated carbocycles. The highest BCUT2D eigenvalue weighted by molar-refractivity contribution is 8.23. The zero-order chi connectivity index (χ0) is 19.6. The van der Waals surface area contributed by atoms with Crippen LogP contribution in [0.3, 0.4) is 0 Å². The molecular weight excluding hydrogens is 354 g/mol. The molecule has 2 aliphatic heterocycles. The molecule has 0 bridgehead atoms. The van der Waals surface area contributed by atoms with E-state index in [4.69, 9.17) is 0 Å². The number of hydrogen-bond donors (Lipinski definition) is 2. The van der Waals surface area contributed by atoms with Crippen molar-refractivity contribution in [2.24, 2.45) is 5.41 Å². The molecule has 3 rings (SSSR count). The topological polar surface area (TPSA) is 35.6 Å². The van der Waals surface area contributed by atoms with E-state index in [0.717, 1.165) is 37.6 Å². The van der Waals surface area contributed by atoms with Gasteiger partial charge in [0.05, 0.1) is 0 Å². The molecule has 148 valence electrons. The van der Waals surface area contributed by atoms with Crippen LogP contribution < -0.4 is 10.2 Å². The summed E-state index contributed by atoms with van der Waals surface area (Å²) in [6.45, 7) is 13.2. The Morgan fingerprint density at radius 2 is 1.74 bits per heavy atom. The van der Waals surface area contributed by atoms with Crippen LogP contribution in [0.5, 0.6) is 0 Å². The van der Waals surface area contributed by atoms with Crippen LogP contribution in [-0.4, -0.2) is 49.8 Å². The van der Waals surface area contributed by atoms with E-state index in [9.17, 15) is 4.79 Å². The highest BCUT2D eigenvalue weighted by atomic mass is 32.2. The third kappa shape index (κ3) is 4.77. The van der Waals surface area contributed by atoms with Gasteiger partial charge in [-0.25, -0.2) is 10.9 Å². The summed E-state index contributed by atoms with van der Waals surface area (Å²) in [5.74, 6) is 1.10. The van der Waals surface area contributed by atoms with Gasteiger partial charge in [-0.15, -0.1) is 0 Å². The van der Waals surface area contributed by atoms with Crippen molar-refractivity contribution in [1.82, 2.24) is 10.2 Å². The molecule has 1 aromatic carbocycles. The minimum Gasteiger partial charge on any atom is -0.369 e. The van der Waals surface area contributed by atoms with Crippen molar-refractivity contribution >= 4 is 22.5 Å². The predicted molar refractivity (Wildman–Crippen MR) is 119 cm³/mol. The summed E-state index contributed by atoms with van der Waals surface area (Å²) >= 11 is 0. The van der Waals surface area contributed by atoms with Crippen LogP contribution in [0.4, 0.5) is 5.69 Å². The Hall–Kier alpha value is -1.72. The third-order valence-corrected chi connectivity index (χ3v) is 7.95. The van der Waals surface area contributed by atoms with Gasteiger partial charge in [0, 0.05) is 43.1 Å². The highest BCUT2D eigenvalue weighted by Crippen LogP contribution is 2.51. The second-order valence-corrected chi connectivity index (χ2v) is 10.8. The maximum Gasteiger partial charge on any atom is 0.255 e. The van der Waals surface area contributed by atoms with E-state index >= 15 is 0 Å². The van der Waals surface area contributed by atoms with E-state index < -0.39 is 0 Å². The number of thiol groups is 1. The SMILES string of the molecule is CC[SH]1C=C(NC(=O)c2ccc(N3CCN(C)CC3)cc2)C=C1C(C)(C)C. The molecule has 2 aliphatic rings. The average molecular weight is 388 g/mol. The maximum absolute atomic E-state index is 12.7. The zero-order valence-corrected chi connectivity index (χ0v) is 18.1. The van der Waals surface area contributed by atoms with Gasteiger partial charge in [0.2, 0.25) is 0 Å². The Kier molecular flexibility index (Phi) is 6.02. The molecule has 0 aliphatic carbocycles. The number of amides is 1. The lowest BCUT2D eigenvalue weighted by atomic mass is 9.95. The highest BCUT2D eigenvalue weighted by Gasteiger charge is 2.26. The van der Waals surface area contributed by atoms with Gasteiger partial charge in [0.15, 0.2) is 0 Å². The largest absolute Gasteiger partial charge is 0.369 e. The van der Waals surface area contributed by atoms with Crippen LogP contribution in [-0.2, 0) is 0 Å². The fourth-order valence-electron chi connectivity index (χ4n) is 3.57. The molecule has 1 N–H and O–H groups in total. The van der Waals surface area contributed by atoms with Crippen molar-refractivity contribution in [2.45, 2.75) is 27.7 Å². The Labute approximate surface area is 166 Å². The number of allylic oxidation sites excluding steroid dienone is 2. The third-order valence-electron chi connectivity index (χ3n) is 5.26. The van der Waals surface area contributed by atoms with Crippen LogP contribution >= 0.6 is 10.9 Å². The van der Waals surface area contributed by atoms with E-state index in [2.05, 4.69) is 73.5 Å². The monoisotopic (exact) mass is 387 g/mol. The molecule has 1 unspecified atom stereocenters. The van der Waals surface area contributed by atoms with Gasteiger partial charge in [0.1, 0.15) is 0 Å². The van der Waals surface area contributed by atoms with Crippen LogP contribution in [0.25, 0.3) is 0 Å². The number of piperazine rings is 1. The number of nitrogens with one attached hydrogen (secondary N) is 1. The van der Waals surface area contributed by atoms with Crippen LogP contribution in [0.1, 0.15) is 38.1 Å². The molecule has 0 radical (unpaired) electrons. The van der Waals surface area contributed by atoms with Crippen LogP contribution in [0.2, 0.25) is 0 Å². The number of anilines is 1. The number of rotatable bonds is 4. The Morgan fingerprint density at radius 3 is 2.26 bits per heavy atom. The van der Waals surface area contributed by atoms with Crippen molar-refractivity contribution in [2.75, 3.05) is 43.9 Å². The summed E-state index contributed by atoms with van der Waals surface area (Å²) in [5, 5.41) is 5.36. The van der Waals surface area contributed by atoms with E-state index in [-0.39, 0.29) is 22.2 Å². The molecular formula is C22H33N3OS. The zero-order valence-electron chi connectivity index (χ0n) is 17.2. The second kappa shape index (κ2) is 8.11. The molecule has 1 aromatic rings. The fraction of sp³-hybridized carbons (Fsp3) is 0.500. The number of carbonyl (C=O) groups excluding carboxylic acids is 1. The molecule has 1 amide bonds. The summed E-state index contributed by atoms with van der Waals surface area (Å²) in [4.78, 5) is 18.9. The molecule has 0 aromatic heterocycles. The van der Waals surface area contributed by atoms with Crippen molar-refractivity contribution in [3.8, 4) is 0 Å². The standard InChI is InChI=1S/C22H33N3OS/c1-6-27-16-18(15-20(27)22(2,3)4)23-21(26)17-7-9-19(10-8-17)25-13-11-24(5)12-14-25/h7-10,15-16,27H,6,11-14H2,1-5H3,(H,23,26). The van der Waals surface area contributed by atoms with Crippen molar-refractivity contribution in [3.05, 3.63) is 51.9 Å². The maximum atomic E-state index is 12.7. The Bertz CT molecular complexity index is 738. The summed E-state index contributed by atoms with van der Waals surface area (Å²) in [5.41, 5.74) is 3.02. The Balaban J connectivity index is 1.66. The van der Waals surface area contributed by atoms with Crippen molar-refractivity contribution in [1.29, 1.82) is 0 Å². The lowest BCUT2D eigenvalue weighted by molar-refractivity contribution is 0.0967. The second-order valence-electron chi connectivity index (χ2n) is 8.44. The van der Waals surface area contributed by atoms with Gasteiger partial charge < -0.3 is 15.1 Å². The minimum absolute atomic E-state index is 0.0244. The molecule has 0 spiro atoms. The van der Waals surface area contributed by atoms with Crippen molar-refractivity contribution in [3.63, 3.8) is 0 Å². The number of benzene rings is 1. The lowest BCUT2D eigenvalue weighted by Crippen LogP contribution is -2.44. The van der Waals surface area contributed by atoms with Crippen LogP contribution in [0, 0.1) is 5.41 Å². The van der Waals surface area contributed by atoms with Gasteiger partial charge in [0.25, 0.3) is 5.91 Å². The smallest absolute Gasteiger partial charge is 0.255 e. The first-order valence-electron chi connectivity index (χ1n) is 9.83. The van der Waals surface area contributed by atoms with Gasteiger partial charge in [-0.3, -0.25) is 4.79 Å². The summed E-state index contributed by atoms with van der Waals surface area (Å²) in [6, 6.07) is 8.02. The summed E-state index contributed by atoms with van der Waals surface area (Å²) < 4.78 is 0. The fourth-order valence-corrected chi connectivity index (χ4v) is 5.88. The first-order valence-corrected chi connectivity index (χ1v) is 11.4. The molecule has 1 atom stereocenters. The van der Waals surface area contributed by atoms with E-state index in [0.29, 0.717) is 5.56 Å². The van der Waals surface area contributed by atoms with E-state index in [1.807, 2.05) is 12.1 Å². The van der Waals surface area contributed by atoms with E-state index in [1.54, 1.807) is 0 Å². The summed E-state index contributed by atoms with van der Waals surface area (Å²) in [6.07, 6.45) is 2.19. The van der Waals surface area contributed by atoms with Gasteiger partial charge in [-0.1, -0.05) is 27.7 Å². The van der Waals surface area contributed by atoms with Crippen molar-refractivity contribution < 1.29 is 4.79 Å². The predicted octanol–water partition coefficient (Wildman–Crippen LogP) is 3.97. The lowest BCUT2D eigenvalue weighted by Gasteiger charge is -2.34. The number of hydrogen-bond acceptors (Lipinski definition) is 3. The molecule has 4 nitrogen and oxygen atoms in total.